The highest BCUT2D eigenvalue weighted by atomic mass is 32.2. The van der Waals surface area contributed by atoms with Gasteiger partial charge in [0.1, 0.15) is 5.82 Å². The van der Waals surface area contributed by atoms with Gasteiger partial charge < -0.3 is 15.0 Å². The van der Waals surface area contributed by atoms with Gasteiger partial charge in [-0.25, -0.2) is 13.4 Å². The molecule has 0 aliphatic carbocycles. The minimum Gasteiger partial charge on any atom is -0.388 e. The summed E-state index contributed by atoms with van der Waals surface area (Å²) in [5.41, 5.74) is 5.31. The second-order valence-corrected chi connectivity index (χ2v) is 6.47. The van der Waals surface area contributed by atoms with Crippen LogP contribution < -0.4 is 5.73 Å². The molecular formula is C12H23N5O3S. The normalized spacial score (nSPS) is 12.0. The number of methoxy groups -OCH3 is 1. The first-order valence-electron chi connectivity index (χ1n) is 6.68. The second-order valence-electron chi connectivity index (χ2n) is 4.58. The molecule has 0 unspecified atom stereocenters. The van der Waals surface area contributed by atoms with E-state index in [1.807, 2.05) is 6.92 Å². The average molecular weight is 317 g/mol. The summed E-state index contributed by atoms with van der Waals surface area (Å²) in [6.07, 6.45) is 1.70. The third kappa shape index (κ3) is 4.51. The Morgan fingerprint density at radius 2 is 2.19 bits per heavy atom. The summed E-state index contributed by atoms with van der Waals surface area (Å²) in [5.74, 6) is 0.595. The van der Waals surface area contributed by atoms with Crippen molar-refractivity contribution in [3.63, 3.8) is 0 Å². The van der Waals surface area contributed by atoms with Gasteiger partial charge in [0.2, 0.25) is 0 Å². The summed E-state index contributed by atoms with van der Waals surface area (Å²) >= 11 is 0. The van der Waals surface area contributed by atoms with E-state index in [9.17, 15) is 8.42 Å². The van der Waals surface area contributed by atoms with Crippen LogP contribution in [0.5, 0.6) is 0 Å². The summed E-state index contributed by atoms with van der Waals surface area (Å²) in [5, 5.41) is 7.26. The van der Waals surface area contributed by atoms with Crippen LogP contribution in [0.2, 0.25) is 0 Å². The Morgan fingerprint density at radius 3 is 2.67 bits per heavy atom. The van der Waals surface area contributed by atoms with Crippen molar-refractivity contribution in [1.29, 1.82) is 5.41 Å². The number of aromatic nitrogens is 2. The number of sulfonamides is 1. The minimum absolute atomic E-state index is 0.0153. The van der Waals surface area contributed by atoms with Crippen LogP contribution in [0, 0.1) is 12.3 Å². The van der Waals surface area contributed by atoms with Crippen LogP contribution in [0.4, 0.5) is 0 Å². The maximum atomic E-state index is 12.6. The Bertz CT molecular complexity index is 582. The monoisotopic (exact) mass is 317 g/mol. The van der Waals surface area contributed by atoms with Crippen LogP contribution in [0.1, 0.15) is 19.2 Å². The summed E-state index contributed by atoms with van der Waals surface area (Å²) in [6, 6.07) is 0. The lowest BCUT2D eigenvalue weighted by Crippen LogP contribution is -2.36. The molecule has 9 heteroatoms. The lowest BCUT2D eigenvalue weighted by molar-refractivity contribution is 0.179. The Kier molecular flexibility index (Phi) is 6.31. The van der Waals surface area contributed by atoms with Gasteiger partial charge in [-0.05, 0) is 13.8 Å². The zero-order valence-electron chi connectivity index (χ0n) is 12.7. The molecule has 0 spiro atoms. The van der Waals surface area contributed by atoms with Crippen molar-refractivity contribution in [3.05, 3.63) is 12.0 Å². The highest BCUT2D eigenvalue weighted by molar-refractivity contribution is 7.89. The molecule has 0 amide bonds. The maximum absolute atomic E-state index is 12.6. The van der Waals surface area contributed by atoms with Crippen LogP contribution in [0.15, 0.2) is 11.2 Å². The molecule has 8 nitrogen and oxygen atoms in total. The molecule has 1 aromatic heterocycles. The third-order valence-electron chi connectivity index (χ3n) is 3.07. The van der Waals surface area contributed by atoms with Crippen molar-refractivity contribution in [3.8, 4) is 0 Å². The van der Waals surface area contributed by atoms with E-state index in [4.69, 9.17) is 15.9 Å². The molecule has 21 heavy (non-hydrogen) atoms. The first-order chi connectivity index (χ1) is 9.82. The predicted octanol–water partition coefficient (Wildman–Crippen LogP) is 0.175. The van der Waals surface area contributed by atoms with Crippen LogP contribution in [-0.4, -0.2) is 54.9 Å². The summed E-state index contributed by atoms with van der Waals surface area (Å²) in [6.45, 7) is 4.94. The molecule has 0 aliphatic rings. The van der Waals surface area contributed by atoms with Crippen molar-refractivity contribution in [1.82, 2.24) is 13.9 Å². The number of hydrogen-bond donors (Lipinski definition) is 2. The quantitative estimate of drug-likeness (QED) is 0.498. The minimum atomic E-state index is -3.71. The highest BCUT2D eigenvalue weighted by Crippen LogP contribution is 2.15. The van der Waals surface area contributed by atoms with Crippen LogP contribution in [-0.2, 0) is 21.3 Å². The molecule has 0 aliphatic heterocycles. The number of ether oxygens (including phenoxy) is 1. The number of aryl methyl sites for hydroxylation is 2. The van der Waals surface area contributed by atoms with Crippen LogP contribution in [0.25, 0.3) is 0 Å². The number of nitrogens with one attached hydrogen (secondary N) is 1. The molecule has 3 N–H and O–H groups in total. The first-order valence-corrected chi connectivity index (χ1v) is 8.12. The smallest absolute Gasteiger partial charge is 0.262 e. The SMILES string of the molecule is CCn1cc(S(=O)(=O)N(CCOC)CCC(=N)N)nc1C. The van der Waals surface area contributed by atoms with Gasteiger partial charge >= 0.3 is 0 Å². The molecule has 1 aromatic rings. The average Bonchev–Trinajstić information content (AvgIpc) is 2.80. The van der Waals surface area contributed by atoms with Crippen molar-refractivity contribution < 1.29 is 13.2 Å². The number of imidazole rings is 1. The topological polar surface area (TPSA) is 114 Å². The molecule has 0 saturated heterocycles. The maximum Gasteiger partial charge on any atom is 0.262 e. The zero-order valence-corrected chi connectivity index (χ0v) is 13.5. The standard InChI is InChI=1S/C12H23N5O3S/c1-4-16-9-12(15-10(16)2)21(18,19)17(7-8-20-3)6-5-11(13)14/h9H,4-8H2,1-3H3,(H3,13,14). The number of nitrogens with two attached hydrogens (primary N) is 1. The Hall–Kier alpha value is -1.45. The lowest BCUT2D eigenvalue weighted by Gasteiger charge is -2.20. The Balaban J connectivity index is 3.03. The largest absolute Gasteiger partial charge is 0.388 e. The van der Waals surface area contributed by atoms with Crippen molar-refractivity contribution in [2.75, 3.05) is 26.8 Å². The predicted molar refractivity (Wildman–Crippen MR) is 79.8 cm³/mol. The first kappa shape index (κ1) is 17.6. The van der Waals surface area contributed by atoms with Crippen molar-refractivity contribution in [2.24, 2.45) is 5.73 Å². The summed E-state index contributed by atoms with van der Waals surface area (Å²) in [7, 11) is -2.21. The fraction of sp³-hybridized carbons (Fsp3) is 0.667. The molecule has 0 aromatic carbocycles. The zero-order chi connectivity index (χ0) is 16.0. The molecule has 1 rings (SSSR count). The highest BCUT2D eigenvalue weighted by Gasteiger charge is 2.27. The van der Waals surface area contributed by atoms with Gasteiger partial charge in [-0.15, -0.1) is 0 Å². The fourth-order valence-corrected chi connectivity index (χ4v) is 3.27. The van der Waals surface area contributed by atoms with E-state index >= 15 is 0 Å². The molecule has 1 heterocycles. The van der Waals surface area contributed by atoms with E-state index in [1.54, 1.807) is 11.5 Å². The molecule has 0 fully saturated rings. The Labute approximate surface area is 125 Å². The van der Waals surface area contributed by atoms with Gasteiger partial charge in [0.15, 0.2) is 5.03 Å². The van der Waals surface area contributed by atoms with Gasteiger partial charge in [0, 0.05) is 39.4 Å². The number of amidine groups is 1. The second kappa shape index (κ2) is 7.53. The number of hydrogen-bond acceptors (Lipinski definition) is 5. The van der Waals surface area contributed by atoms with Gasteiger partial charge in [0.05, 0.1) is 12.4 Å². The summed E-state index contributed by atoms with van der Waals surface area (Å²) < 4.78 is 33.2. The number of nitrogens with zero attached hydrogens (tertiary/aromatic N) is 3. The molecular weight excluding hydrogens is 294 g/mol. The number of rotatable bonds is 9. The fourth-order valence-electron chi connectivity index (χ4n) is 1.85. The van der Waals surface area contributed by atoms with Crippen LogP contribution >= 0.6 is 0 Å². The van der Waals surface area contributed by atoms with E-state index < -0.39 is 10.0 Å². The summed E-state index contributed by atoms with van der Waals surface area (Å²) in [4.78, 5) is 4.12. The van der Waals surface area contributed by atoms with Gasteiger partial charge in [-0.1, -0.05) is 0 Å². The van der Waals surface area contributed by atoms with Gasteiger partial charge in [-0.3, -0.25) is 5.41 Å². The van der Waals surface area contributed by atoms with E-state index in [0.717, 1.165) is 0 Å². The van der Waals surface area contributed by atoms with E-state index in [1.165, 1.54) is 17.6 Å². The van der Waals surface area contributed by atoms with E-state index in [0.29, 0.717) is 12.4 Å². The molecule has 0 radical (unpaired) electrons. The molecule has 0 bridgehead atoms. The van der Waals surface area contributed by atoms with Gasteiger partial charge in [-0.2, -0.15) is 4.31 Å². The van der Waals surface area contributed by atoms with E-state index in [2.05, 4.69) is 4.98 Å². The third-order valence-corrected chi connectivity index (χ3v) is 4.84. The van der Waals surface area contributed by atoms with E-state index in [-0.39, 0.29) is 37.0 Å². The van der Waals surface area contributed by atoms with Crippen molar-refractivity contribution >= 4 is 15.9 Å². The molecule has 120 valence electrons. The van der Waals surface area contributed by atoms with Gasteiger partial charge in [0.25, 0.3) is 10.0 Å². The van der Waals surface area contributed by atoms with Crippen LogP contribution in [0.3, 0.4) is 0 Å². The molecule has 0 saturated carbocycles. The van der Waals surface area contributed by atoms with Crippen molar-refractivity contribution in [2.45, 2.75) is 31.8 Å². The Morgan fingerprint density at radius 1 is 1.52 bits per heavy atom. The molecule has 0 atom stereocenters. The lowest BCUT2D eigenvalue weighted by atomic mass is 10.4.